The van der Waals surface area contributed by atoms with Gasteiger partial charge < -0.3 is 10.2 Å². The van der Waals surface area contributed by atoms with Crippen LogP contribution in [0.15, 0.2) is 0 Å². The van der Waals surface area contributed by atoms with Gasteiger partial charge in [0.15, 0.2) is 5.25 Å². The molecule has 6 nitrogen and oxygen atoms in total. The molecule has 7 heteroatoms. The van der Waals surface area contributed by atoms with Crippen molar-refractivity contribution < 1.29 is 13.2 Å². The highest BCUT2D eigenvalue weighted by Crippen LogP contribution is 2.21. The first-order chi connectivity index (χ1) is 8.30. The van der Waals surface area contributed by atoms with Gasteiger partial charge in [0, 0.05) is 27.2 Å². The van der Waals surface area contributed by atoms with Gasteiger partial charge in [-0.25, -0.2) is 12.7 Å². The molecule has 0 aromatic heterocycles. The predicted octanol–water partition coefficient (Wildman–Crippen LogP) is -0.666. The molecule has 1 fully saturated rings. The summed E-state index contributed by atoms with van der Waals surface area (Å²) in [5, 5.41) is 2.06. The number of nitrogens with one attached hydrogen (secondary N) is 1. The van der Waals surface area contributed by atoms with Gasteiger partial charge in [0.2, 0.25) is 15.9 Å². The van der Waals surface area contributed by atoms with E-state index in [0.717, 1.165) is 13.0 Å². The lowest BCUT2D eigenvalue weighted by molar-refractivity contribution is -0.128. The molecular weight excluding hydrogens is 254 g/mol. The van der Waals surface area contributed by atoms with Crippen molar-refractivity contribution in [2.24, 2.45) is 5.92 Å². The second-order valence-electron chi connectivity index (χ2n) is 4.99. The summed E-state index contributed by atoms with van der Waals surface area (Å²) >= 11 is 0. The average molecular weight is 277 g/mol. The Morgan fingerprint density at radius 1 is 1.50 bits per heavy atom. The van der Waals surface area contributed by atoms with Gasteiger partial charge in [-0.2, -0.15) is 0 Å². The maximum absolute atomic E-state index is 12.3. The number of sulfonamides is 1. The lowest BCUT2D eigenvalue weighted by Gasteiger charge is -2.23. The van der Waals surface area contributed by atoms with Gasteiger partial charge >= 0.3 is 0 Å². The highest BCUT2D eigenvalue weighted by atomic mass is 32.2. The second kappa shape index (κ2) is 5.99. The Balaban J connectivity index is 2.73. The highest BCUT2D eigenvalue weighted by Gasteiger charge is 2.38. The number of nitrogens with zero attached hydrogens (tertiary/aromatic N) is 2. The molecule has 1 aliphatic heterocycles. The van der Waals surface area contributed by atoms with Crippen molar-refractivity contribution in [2.45, 2.75) is 18.6 Å². The zero-order chi connectivity index (χ0) is 13.9. The van der Waals surface area contributed by atoms with Crippen molar-refractivity contribution in [1.29, 1.82) is 0 Å². The molecule has 0 aromatic carbocycles. The minimum Gasteiger partial charge on any atom is -0.348 e. The summed E-state index contributed by atoms with van der Waals surface area (Å²) in [5.41, 5.74) is 0. The van der Waals surface area contributed by atoms with E-state index < -0.39 is 15.3 Å². The standard InChI is InChI=1S/C11H23N3O3S/c1-9(11(15)13(3)4)18(16,17)14-6-5-10(8-14)7-12-2/h9-10,12H,5-8H2,1-4H3. The lowest BCUT2D eigenvalue weighted by Crippen LogP contribution is -2.44. The van der Waals surface area contributed by atoms with Gasteiger partial charge in [-0.1, -0.05) is 0 Å². The number of hydrogen-bond acceptors (Lipinski definition) is 4. The van der Waals surface area contributed by atoms with Crippen LogP contribution < -0.4 is 5.32 Å². The molecule has 0 aliphatic carbocycles. The molecule has 2 atom stereocenters. The molecule has 2 unspecified atom stereocenters. The topological polar surface area (TPSA) is 69.7 Å². The normalized spacial score (nSPS) is 23.0. The maximum atomic E-state index is 12.3. The van der Waals surface area contributed by atoms with E-state index >= 15 is 0 Å². The first kappa shape index (κ1) is 15.4. The molecule has 1 saturated heterocycles. The molecular formula is C11H23N3O3S. The summed E-state index contributed by atoms with van der Waals surface area (Å²) < 4.78 is 26.0. The van der Waals surface area contributed by atoms with E-state index in [9.17, 15) is 13.2 Å². The minimum absolute atomic E-state index is 0.339. The smallest absolute Gasteiger partial charge is 0.241 e. The van der Waals surface area contributed by atoms with E-state index in [4.69, 9.17) is 0 Å². The third-order valence-corrected chi connectivity index (χ3v) is 5.48. The number of hydrogen-bond donors (Lipinski definition) is 1. The van der Waals surface area contributed by atoms with Gasteiger partial charge in [-0.05, 0) is 32.9 Å². The fraction of sp³-hybridized carbons (Fsp3) is 0.909. The van der Waals surface area contributed by atoms with E-state index in [1.807, 2.05) is 7.05 Å². The zero-order valence-corrected chi connectivity index (χ0v) is 12.3. The average Bonchev–Trinajstić information content (AvgIpc) is 2.76. The van der Waals surface area contributed by atoms with Crippen LogP contribution in [-0.2, 0) is 14.8 Å². The molecule has 1 rings (SSSR count). The summed E-state index contributed by atoms with van der Waals surface area (Å²) in [6, 6.07) is 0. The minimum atomic E-state index is -3.52. The molecule has 0 saturated carbocycles. The molecule has 1 heterocycles. The molecule has 1 amide bonds. The van der Waals surface area contributed by atoms with Crippen LogP contribution in [0.1, 0.15) is 13.3 Å². The molecule has 1 N–H and O–H groups in total. The first-order valence-corrected chi connectivity index (χ1v) is 7.65. The fourth-order valence-electron chi connectivity index (χ4n) is 2.20. The van der Waals surface area contributed by atoms with Crippen LogP contribution in [0.5, 0.6) is 0 Å². The van der Waals surface area contributed by atoms with Crippen molar-refractivity contribution >= 4 is 15.9 Å². The van der Waals surface area contributed by atoms with Crippen LogP contribution in [0.2, 0.25) is 0 Å². The van der Waals surface area contributed by atoms with Crippen LogP contribution in [0.4, 0.5) is 0 Å². The van der Waals surface area contributed by atoms with Crippen LogP contribution in [0.25, 0.3) is 0 Å². The van der Waals surface area contributed by atoms with Crippen LogP contribution in [-0.4, -0.2) is 69.6 Å². The van der Waals surface area contributed by atoms with Gasteiger partial charge in [0.05, 0.1) is 0 Å². The van der Waals surface area contributed by atoms with E-state index in [-0.39, 0.29) is 5.91 Å². The van der Waals surface area contributed by atoms with Gasteiger partial charge in [0.25, 0.3) is 0 Å². The van der Waals surface area contributed by atoms with Crippen molar-refractivity contribution in [3.05, 3.63) is 0 Å². The summed E-state index contributed by atoms with van der Waals surface area (Å²) in [6.07, 6.45) is 0.850. The van der Waals surface area contributed by atoms with Crippen LogP contribution in [0, 0.1) is 5.92 Å². The van der Waals surface area contributed by atoms with E-state index in [1.54, 1.807) is 14.1 Å². The third kappa shape index (κ3) is 3.21. The Kier molecular flexibility index (Phi) is 5.12. The van der Waals surface area contributed by atoms with Crippen molar-refractivity contribution in [3.63, 3.8) is 0 Å². The molecule has 1 aliphatic rings. The largest absolute Gasteiger partial charge is 0.348 e. The summed E-state index contributed by atoms with van der Waals surface area (Å²) in [7, 11) is 1.48. The number of carbonyl (C=O) groups excluding carboxylic acids is 1. The quantitative estimate of drug-likeness (QED) is 0.724. The SMILES string of the molecule is CNCC1CCN(S(=O)(=O)C(C)C(=O)N(C)C)C1. The van der Waals surface area contributed by atoms with E-state index in [2.05, 4.69) is 5.32 Å². The monoisotopic (exact) mass is 277 g/mol. The van der Waals surface area contributed by atoms with Crippen molar-refractivity contribution in [1.82, 2.24) is 14.5 Å². The number of amides is 1. The number of carbonyl (C=O) groups is 1. The molecule has 0 bridgehead atoms. The predicted molar refractivity (Wildman–Crippen MR) is 70.7 cm³/mol. The Bertz CT molecular complexity index is 394. The lowest BCUT2D eigenvalue weighted by atomic mass is 10.1. The van der Waals surface area contributed by atoms with Crippen LogP contribution in [0.3, 0.4) is 0 Å². The van der Waals surface area contributed by atoms with Gasteiger partial charge in [-0.3, -0.25) is 4.79 Å². The third-order valence-electron chi connectivity index (χ3n) is 3.34. The van der Waals surface area contributed by atoms with Gasteiger partial charge in [-0.15, -0.1) is 0 Å². The van der Waals surface area contributed by atoms with Gasteiger partial charge in [0.1, 0.15) is 0 Å². The molecule has 18 heavy (non-hydrogen) atoms. The summed E-state index contributed by atoms with van der Waals surface area (Å²) in [4.78, 5) is 13.1. The fourth-order valence-corrected chi connectivity index (χ4v) is 3.89. The Morgan fingerprint density at radius 3 is 2.61 bits per heavy atom. The zero-order valence-electron chi connectivity index (χ0n) is 11.5. The highest BCUT2D eigenvalue weighted by molar-refractivity contribution is 7.90. The van der Waals surface area contributed by atoms with Crippen molar-refractivity contribution in [2.75, 3.05) is 40.8 Å². The summed E-state index contributed by atoms with van der Waals surface area (Å²) in [6.45, 7) is 3.29. The maximum Gasteiger partial charge on any atom is 0.241 e. The number of rotatable bonds is 5. The van der Waals surface area contributed by atoms with Crippen LogP contribution >= 0.6 is 0 Å². The first-order valence-electron chi connectivity index (χ1n) is 6.15. The Labute approximate surface area is 109 Å². The molecule has 0 aromatic rings. The van der Waals surface area contributed by atoms with Crippen molar-refractivity contribution in [3.8, 4) is 0 Å². The van der Waals surface area contributed by atoms with E-state index in [1.165, 1.54) is 16.1 Å². The summed E-state index contributed by atoms with van der Waals surface area (Å²) in [5.74, 6) is -0.0292. The molecule has 106 valence electrons. The Hall–Kier alpha value is -0.660. The Morgan fingerprint density at radius 2 is 2.11 bits per heavy atom. The van der Waals surface area contributed by atoms with E-state index in [0.29, 0.717) is 19.0 Å². The molecule has 0 spiro atoms. The second-order valence-corrected chi connectivity index (χ2v) is 7.24. The molecule has 0 radical (unpaired) electrons.